The van der Waals surface area contributed by atoms with Crippen molar-refractivity contribution < 1.29 is 9.53 Å². The highest BCUT2D eigenvalue weighted by Gasteiger charge is 2.16. The molecule has 1 fully saturated rings. The summed E-state index contributed by atoms with van der Waals surface area (Å²) in [4.78, 5) is 14.8. The number of piperidine rings is 1. The summed E-state index contributed by atoms with van der Waals surface area (Å²) in [5, 5.41) is 2.93. The number of hydrogen-bond donors (Lipinski definition) is 1. The fraction of sp³-hybridized carbons (Fsp3) is 0.381. The molecule has 0 bridgehead atoms. The average Bonchev–Trinajstić information content (AvgIpc) is 2.65. The molecule has 1 amide bonds. The lowest BCUT2D eigenvalue weighted by Gasteiger charge is -2.28. The number of carbonyl (C=O) groups excluding carboxylic acids is 1. The van der Waals surface area contributed by atoms with E-state index in [1.54, 1.807) is 6.92 Å². The Morgan fingerprint density at radius 2 is 1.72 bits per heavy atom. The Labute approximate surface area is 149 Å². The molecule has 0 saturated carbocycles. The van der Waals surface area contributed by atoms with Gasteiger partial charge in [-0.15, -0.1) is 0 Å². The summed E-state index contributed by atoms with van der Waals surface area (Å²) in [5.41, 5.74) is 3.04. The maximum atomic E-state index is 12.4. The highest BCUT2D eigenvalue weighted by atomic mass is 16.5. The van der Waals surface area contributed by atoms with E-state index in [4.69, 9.17) is 4.74 Å². The van der Waals surface area contributed by atoms with Crippen LogP contribution in [0, 0.1) is 6.92 Å². The number of ether oxygens (including phenoxy) is 1. The maximum Gasteiger partial charge on any atom is 0.265 e. The van der Waals surface area contributed by atoms with Gasteiger partial charge >= 0.3 is 0 Å². The minimum atomic E-state index is -0.553. The summed E-state index contributed by atoms with van der Waals surface area (Å²) in [6.45, 7) is 5.98. The maximum absolute atomic E-state index is 12.4. The molecule has 1 aliphatic heterocycles. The number of hydrogen-bond acceptors (Lipinski definition) is 3. The van der Waals surface area contributed by atoms with E-state index in [1.165, 1.54) is 24.9 Å². The van der Waals surface area contributed by atoms with Crippen LogP contribution >= 0.6 is 0 Å². The van der Waals surface area contributed by atoms with Crippen LogP contribution in [0.3, 0.4) is 0 Å². The van der Waals surface area contributed by atoms with Gasteiger partial charge in [0.1, 0.15) is 5.75 Å². The Morgan fingerprint density at radius 3 is 2.40 bits per heavy atom. The fourth-order valence-electron chi connectivity index (χ4n) is 3.08. The van der Waals surface area contributed by atoms with Gasteiger partial charge in [0.2, 0.25) is 0 Å². The number of aryl methyl sites for hydroxylation is 1. The van der Waals surface area contributed by atoms with Gasteiger partial charge in [-0.05, 0) is 69.0 Å². The van der Waals surface area contributed by atoms with Crippen molar-refractivity contribution in [2.24, 2.45) is 0 Å². The van der Waals surface area contributed by atoms with E-state index in [0.717, 1.165) is 30.1 Å². The first-order chi connectivity index (χ1) is 12.1. The van der Waals surface area contributed by atoms with Crippen molar-refractivity contribution in [2.75, 3.05) is 23.3 Å². The van der Waals surface area contributed by atoms with Gasteiger partial charge in [-0.3, -0.25) is 4.79 Å². The smallest absolute Gasteiger partial charge is 0.265 e. The van der Waals surface area contributed by atoms with Crippen molar-refractivity contribution in [1.82, 2.24) is 0 Å². The Bertz CT molecular complexity index is 706. The van der Waals surface area contributed by atoms with Crippen LogP contribution in [0.25, 0.3) is 0 Å². The molecule has 25 heavy (non-hydrogen) atoms. The number of anilines is 2. The number of nitrogens with one attached hydrogen (secondary N) is 1. The molecule has 4 heteroatoms. The van der Waals surface area contributed by atoms with E-state index >= 15 is 0 Å². The largest absolute Gasteiger partial charge is 0.481 e. The molecule has 2 aromatic carbocycles. The van der Waals surface area contributed by atoms with Crippen LogP contribution in [-0.4, -0.2) is 25.1 Å². The van der Waals surface area contributed by atoms with Crippen LogP contribution in [-0.2, 0) is 4.79 Å². The fourth-order valence-corrected chi connectivity index (χ4v) is 3.08. The zero-order chi connectivity index (χ0) is 17.6. The SMILES string of the molecule is Cc1ccccc1O[C@H](C)C(=O)Nc1ccc(N2CCCCC2)cc1. The van der Waals surface area contributed by atoms with E-state index in [0.29, 0.717) is 0 Å². The first-order valence-corrected chi connectivity index (χ1v) is 9.01. The molecule has 0 unspecified atom stereocenters. The second-order valence-corrected chi connectivity index (χ2v) is 6.61. The van der Waals surface area contributed by atoms with Gasteiger partial charge in [0.15, 0.2) is 6.10 Å². The number of amides is 1. The third-order valence-corrected chi connectivity index (χ3v) is 4.62. The van der Waals surface area contributed by atoms with E-state index in [9.17, 15) is 4.79 Å². The highest BCUT2D eigenvalue weighted by Crippen LogP contribution is 2.22. The molecule has 1 heterocycles. The Balaban J connectivity index is 1.57. The summed E-state index contributed by atoms with van der Waals surface area (Å²) in [5.74, 6) is 0.597. The molecule has 132 valence electrons. The Hall–Kier alpha value is -2.49. The first-order valence-electron chi connectivity index (χ1n) is 9.01. The van der Waals surface area contributed by atoms with Gasteiger partial charge in [-0.25, -0.2) is 0 Å². The molecule has 0 radical (unpaired) electrons. The number of nitrogens with zero attached hydrogens (tertiary/aromatic N) is 1. The zero-order valence-corrected chi connectivity index (χ0v) is 15.0. The molecule has 2 aromatic rings. The van der Waals surface area contributed by atoms with Crippen LogP contribution in [0.1, 0.15) is 31.7 Å². The number of para-hydroxylation sites is 1. The lowest BCUT2D eigenvalue weighted by atomic mass is 10.1. The highest BCUT2D eigenvalue weighted by molar-refractivity contribution is 5.94. The van der Waals surface area contributed by atoms with Crippen LogP contribution in [0.5, 0.6) is 5.75 Å². The topological polar surface area (TPSA) is 41.6 Å². The third kappa shape index (κ3) is 4.53. The van der Waals surface area contributed by atoms with Crippen molar-refractivity contribution in [2.45, 2.75) is 39.2 Å². The predicted molar refractivity (Wildman–Crippen MR) is 102 cm³/mol. The minimum Gasteiger partial charge on any atom is -0.481 e. The van der Waals surface area contributed by atoms with Crippen molar-refractivity contribution in [3.05, 3.63) is 54.1 Å². The van der Waals surface area contributed by atoms with Crippen molar-refractivity contribution in [3.8, 4) is 5.75 Å². The standard InChI is InChI=1S/C21H26N2O2/c1-16-8-4-5-9-20(16)25-17(2)21(24)22-18-10-12-19(13-11-18)23-14-6-3-7-15-23/h4-5,8-13,17H,3,6-7,14-15H2,1-2H3,(H,22,24)/t17-/m1/s1. The van der Waals surface area contributed by atoms with Gasteiger partial charge in [0.25, 0.3) is 5.91 Å². The first kappa shape index (κ1) is 17.3. The third-order valence-electron chi connectivity index (χ3n) is 4.62. The molecular formula is C21H26N2O2. The summed E-state index contributed by atoms with van der Waals surface area (Å²) in [7, 11) is 0. The molecule has 1 atom stereocenters. The summed E-state index contributed by atoms with van der Waals surface area (Å²) in [6, 6.07) is 15.8. The Kier molecular flexibility index (Phi) is 5.59. The second kappa shape index (κ2) is 8.06. The number of benzene rings is 2. The molecule has 0 aromatic heterocycles. The van der Waals surface area contributed by atoms with Crippen LogP contribution in [0.4, 0.5) is 11.4 Å². The second-order valence-electron chi connectivity index (χ2n) is 6.61. The molecule has 3 rings (SSSR count). The summed E-state index contributed by atoms with van der Waals surface area (Å²) >= 11 is 0. The van der Waals surface area contributed by atoms with Gasteiger partial charge in [-0.1, -0.05) is 18.2 Å². The Morgan fingerprint density at radius 1 is 1.04 bits per heavy atom. The average molecular weight is 338 g/mol. The van der Waals surface area contributed by atoms with E-state index < -0.39 is 6.10 Å². The number of carbonyl (C=O) groups is 1. The van der Waals surface area contributed by atoms with Crippen LogP contribution < -0.4 is 15.0 Å². The molecular weight excluding hydrogens is 312 g/mol. The van der Waals surface area contributed by atoms with Gasteiger partial charge < -0.3 is 15.0 Å². The minimum absolute atomic E-state index is 0.144. The van der Waals surface area contributed by atoms with E-state index in [-0.39, 0.29) is 5.91 Å². The van der Waals surface area contributed by atoms with Gasteiger partial charge in [-0.2, -0.15) is 0 Å². The van der Waals surface area contributed by atoms with Crippen LogP contribution in [0.2, 0.25) is 0 Å². The quantitative estimate of drug-likeness (QED) is 0.879. The lowest BCUT2D eigenvalue weighted by Crippen LogP contribution is -2.30. The van der Waals surface area contributed by atoms with Crippen LogP contribution in [0.15, 0.2) is 48.5 Å². The molecule has 0 aliphatic carbocycles. The molecule has 0 spiro atoms. The van der Waals surface area contributed by atoms with E-state index in [2.05, 4.69) is 22.3 Å². The monoisotopic (exact) mass is 338 g/mol. The molecule has 1 aliphatic rings. The van der Waals surface area contributed by atoms with Gasteiger partial charge in [0, 0.05) is 24.5 Å². The lowest BCUT2D eigenvalue weighted by molar-refractivity contribution is -0.122. The zero-order valence-electron chi connectivity index (χ0n) is 15.0. The normalized spacial score (nSPS) is 15.5. The number of rotatable bonds is 5. The van der Waals surface area contributed by atoms with Crippen molar-refractivity contribution >= 4 is 17.3 Å². The molecule has 1 saturated heterocycles. The van der Waals surface area contributed by atoms with E-state index in [1.807, 2.05) is 43.3 Å². The van der Waals surface area contributed by atoms with Crippen molar-refractivity contribution in [1.29, 1.82) is 0 Å². The molecule has 4 nitrogen and oxygen atoms in total. The summed E-state index contributed by atoms with van der Waals surface area (Å²) < 4.78 is 5.78. The predicted octanol–water partition coefficient (Wildman–Crippen LogP) is 4.39. The van der Waals surface area contributed by atoms with Crippen molar-refractivity contribution in [3.63, 3.8) is 0 Å². The molecule has 1 N–H and O–H groups in total. The van der Waals surface area contributed by atoms with Gasteiger partial charge in [0.05, 0.1) is 0 Å². The summed E-state index contributed by atoms with van der Waals surface area (Å²) in [6.07, 6.45) is 3.28.